The molecule has 1 atom stereocenters. The van der Waals surface area contributed by atoms with Gasteiger partial charge in [-0.25, -0.2) is 4.79 Å². The van der Waals surface area contributed by atoms with Crippen molar-refractivity contribution in [3.05, 3.63) is 60.7 Å². The van der Waals surface area contributed by atoms with Crippen molar-refractivity contribution in [1.82, 2.24) is 5.32 Å². The Morgan fingerprint density at radius 3 is 2.45 bits per heavy atom. The van der Waals surface area contributed by atoms with Crippen molar-refractivity contribution in [3.63, 3.8) is 0 Å². The number of para-hydroxylation sites is 2. The number of anilines is 2. The molecule has 2 aromatic carbocycles. The average molecular weight is 394 g/mol. The summed E-state index contributed by atoms with van der Waals surface area (Å²) in [5, 5.41) is 8.94. The molecule has 1 aliphatic rings. The minimum atomic E-state index is -0.584. The van der Waals surface area contributed by atoms with Crippen LogP contribution in [0.4, 0.5) is 11.4 Å². The number of esters is 1. The monoisotopic (exact) mass is 394 g/mol. The maximum absolute atomic E-state index is 12.9. The van der Waals surface area contributed by atoms with Gasteiger partial charge in [-0.1, -0.05) is 36.4 Å². The Labute approximate surface area is 171 Å². The molecule has 7 heteroatoms. The third kappa shape index (κ3) is 5.13. The van der Waals surface area contributed by atoms with Crippen molar-refractivity contribution in [2.24, 2.45) is 5.10 Å². The summed E-state index contributed by atoms with van der Waals surface area (Å²) < 4.78 is 5.06. The molecule has 1 aliphatic heterocycles. The van der Waals surface area contributed by atoms with Gasteiger partial charge in [0.1, 0.15) is 11.8 Å². The van der Waals surface area contributed by atoms with Crippen LogP contribution >= 0.6 is 0 Å². The molecule has 0 saturated carbocycles. The minimum absolute atomic E-state index is 0.168. The molecule has 0 spiro atoms. The fraction of sp³-hybridized carbons (Fsp3) is 0.318. The van der Waals surface area contributed by atoms with Crippen LogP contribution in [0.5, 0.6) is 0 Å². The van der Waals surface area contributed by atoms with Gasteiger partial charge in [0.2, 0.25) is 5.91 Å². The van der Waals surface area contributed by atoms with Gasteiger partial charge >= 0.3 is 5.97 Å². The van der Waals surface area contributed by atoms with E-state index in [1.54, 1.807) is 11.9 Å². The molecule has 3 rings (SSSR count). The molecule has 1 N–H and O–H groups in total. The van der Waals surface area contributed by atoms with E-state index >= 15 is 0 Å². The lowest BCUT2D eigenvalue weighted by molar-refractivity contribution is -0.135. The highest BCUT2D eigenvalue weighted by molar-refractivity contribution is 6.38. The smallest absolute Gasteiger partial charge is 0.354 e. The molecule has 0 radical (unpaired) electrons. The molecule has 0 saturated heterocycles. The topological polar surface area (TPSA) is 74.2 Å². The van der Waals surface area contributed by atoms with Crippen molar-refractivity contribution in [2.75, 3.05) is 36.7 Å². The van der Waals surface area contributed by atoms with Crippen LogP contribution in [-0.4, -0.2) is 50.4 Å². The van der Waals surface area contributed by atoms with Crippen LogP contribution in [0.15, 0.2) is 65.8 Å². The second-order valence-electron chi connectivity index (χ2n) is 6.72. The van der Waals surface area contributed by atoms with Gasteiger partial charge in [0, 0.05) is 32.2 Å². The van der Waals surface area contributed by atoms with Gasteiger partial charge in [0.15, 0.2) is 0 Å². The predicted molar refractivity (Wildman–Crippen MR) is 114 cm³/mol. The first-order valence-corrected chi connectivity index (χ1v) is 9.73. The number of amides is 1. The highest BCUT2D eigenvalue weighted by Gasteiger charge is 2.36. The molecule has 152 valence electrons. The predicted octanol–water partition coefficient (Wildman–Crippen LogP) is 2.44. The summed E-state index contributed by atoms with van der Waals surface area (Å²) in [6.45, 7) is 3.17. The number of carbonyl (C=O) groups excluding carboxylic acids is 2. The van der Waals surface area contributed by atoms with E-state index in [0.717, 1.165) is 11.4 Å². The number of rotatable bonds is 8. The highest BCUT2D eigenvalue weighted by Crippen LogP contribution is 2.25. The van der Waals surface area contributed by atoms with Gasteiger partial charge in [-0.2, -0.15) is 5.10 Å². The second-order valence-corrected chi connectivity index (χ2v) is 6.72. The standard InChI is InChI=1S/C22H26N4O3/c1-3-29-22(28)19-16-20(26(24-19)18-12-8-5-9-13-18)21(27)23-14-15-25(2)17-10-6-4-7-11-17/h4-13,20H,3,14-16H2,1-2H3,(H,23,27). The maximum Gasteiger partial charge on any atom is 0.354 e. The Balaban J connectivity index is 1.64. The number of hydrogen-bond acceptors (Lipinski definition) is 6. The lowest BCUT2D eigenvalue weighted by Gasteiger charge is -2.24. The molecule has 1 unspecified atom stereocenters. The maximum atomic E-state index is 12.9. The van der Waals surface area contributed by atoms with Crippen LogP contribution in [-0.2, 0) is 14.3 Å². The lowest BCUT2D eigenvalue weighted by Crippen LogP contribution is -2.45. The first kappa shape index (κ1) is 20.4. The molecule has 7 nitrogen and oxygen atoms in total. The average Bonchev–Trinajstić information content (AvgIpc) is 3.21. The molecule has 29 heavy (non-hydrogen) atoms. The van der Waals surface area contributed by atoms with Crippen LogP contribution in [0.3, 0.4) is 0 Å². The Morgan fingerprint density at radius 2 is 1.79 bits per heavy atom. The third-order valence-corrected chi connectivity index (χ3v) is 4.69. The molecule has 1 heterocycles. The number of carbonyl (C=O) groups is 2. The normalized spacial score (nSPS) is 15.6. The molecular formula is C22H26N4O3. The zero-order chi connectivity index (χ0) is 20.6. The van der Waals surface area contributed by atoms with E-state index in [1.165, 1.54) is 0 Å². The van der Waals surface area contributed by atoms with Crippen LogP contribution in [0, 0.1) is 0 Å². The first-order valence-electron chi connectivity index (χ1n) is 9.73. The van der Waals surface area contributed by atoms with Crippen molar-refractivity contribution >= 4 is 29.0 Å². The summed E-state index contributed by atoms with van der Waals surface area (Å²) in [6.07, 6.45) is 0.216. The minimum Gasteiger partial charge on any atom is -0.461 e. The van der Waals surface area contributed by atoms with Crippen LogP contribution < -0.4 is 15.2 Å². The van der Waals surface area contributed by atoms with Crippen molar-refractivity contribution < 1.29 is 14.3 Å². The van der Waals surface area contributed by atoms with Crippen LogP contribution in [0.1, 0.15) is 13.3 Å². The number of hydrogen-bond donors (Lipinski definition) is 1. The summed E-state index contributed by atoms with van der Waals surface area (Å²) in [7, 11) is 1.98. The quantitative estimate of drug-likeness (QED) is 0.696. The van der Waals surface area contributed by atoms with E-state index < -0.39 is 12.0 Å². The summed E-state index contributed by atoms with van der Waals surface area (Å²) >= 11 is 0. The molecule has 0 fully saturated rings. The number of benzene rings is 2. The van der Waals surface area contributed by atoms with Crippen molar-refractivity contribution in [1.29, 1.82) is 0 Å². The molecule has 1 amide bonds. The Bertz CT molecular complexity index is 855. The largest absolute Gasteiger partial charge is 0.461 e. The van der Waals surface area contributed by atoms with Gasteiger partial charge in [0.25, 0.3) is 0 Å². The summed E-state index contributed by atoms with van der Waals surface area (Å²) in [5.74, 6) is -0.647. The van der Waals surface area contributed by atoms with Crippen LogP contribution in [0.25, 0.3) is 0 Å². The van der Waals surface area contributed by atoms with Gasteiger partial charge in [-0.05, 0) is 31.2 Å². The van der Waals surface area contributed by atoms with E-state index in [2.05, 4.69) is 15.3 Å². The van der Waals surface area contributed by atoms with E-state index in [4.69, 9.17) is 4.74 Å². The molecule has 2 aromatic rings. The van der Waals surface area contributed by atoms with E-state index in [9.17, 15) is 9.59 Å². The second kappa shape index (κ2) is 9.73. The summed E-state index contributed by atoms with van der Waals surface area (Å²) in [5.41, 5.74) is 2.10. The van der Waals surface area contributed by atoms with Crippen molar-refractivity contribution in [2.45, 2.75) is 19.4 Å². The molecular weight excluding hydrogens is 368 g/mol. The molecule has 0 aliphatic carbocycles. The highest BCUT2D eigenvalue weighted by atomic mass is 16.5. The zero-order valence-electron chi connectivity index (χ0n) is 16.7. The first-order chi connectivity index (χ1) is 14.1. The van der Waals surface area contributed by atoms with E-state index in [1.807, 2.05) is 67.7 Å². The van der Waals surface area contributed by atoms with Crippen molar-refractivity contribution in [3.8, 4) is 0 Å². The number of hydrazone groups is 1. The summed E-state index contributed by atoms with van der Waals surface area (Å²) in [6, 6.07) is 18.8. The van der Waals surface area contributed by atoms with Gasteiger partial charge in [0.05, 0.1) is 12.3 Å². The number of nitrogens with one attached hydrogen (secondary N) is 1. The lowest BCUT2D eigenvalue weighted by atomic mass is 10.1. The molecule has 0 aromatic heterocycles. The van der Waals surface area contributed by atoms with Gasteiger partial charge < -0.3 is 15.0 Å². The molecule has 0 bridgehead atoms. The Hall–Kier alpha value is -3.35. The zero-order valence-corrected chi connectivity index (χ0v) is 16.7. The fourth-order valence-electron chi connectivity index (χ4n) is 3.15. The van der Waals surface area contributed by atoms with E-state index in [-0.39, 0.29) is 24.6 Å². The Morgan fingerprint density at radius 1 is 1.14 bits per heavy atom. The van der Waals surface area contributed by atoms with Gasteiger partial charge in [-0.15, -0.1) is 0 Å². The van der Waals surface area contributed by atoms with Gasteiger partial charge in [-0.3, -0.25) is 9.80 Å². The summed E-state index contributed by atoms with van der Waals surface area (Å²) in [4.78, 5) is 27.1. The van der Waals surface area contributed by atoms with Crippen LogP contribution in [0.2, 0.25) is 0 Å². The van der Waals surface area contributed by atoms with E-state index in [0.29, 0.717) is 13.1 Å². The Kier molecular flexibility index (Phi) is 6.84. The number of ether oxygens (including phenoxy) is 1. The number of nitrogens with zero attached hydrogens (tertiary/aromatic N) is 3. The number of likely N-dealkylation sites (N-methyl/N-ethyl adjacent to an activating group) is 1. The fourth-order valence-corrected chi connectivity index (χ4v) is 3.15. The third-order valence-electron chi connectivity index (χ3n) is 4.69. The SMILES string of the molecule is CCOC(=O)C1=NN(c2ccccc2)C(C(=O)NCCN(C)c2ccccc2)C1.